The van der Waals surface area contributed by atoms with E-state index in [1.54, 1.807) is 6.92 Å². The van der Waals surface area contributed by atoms with Crippen molar-refractivity contribution in [2.45, 2.75) is 25.7 Å². The van der Waals surface area contributed by atoms with Crippen LogP contribution in [-0.4, -0.2) is 28.8 Å². The Morgan fingerprint density at radius 3 is 2.60 bits per heavy atom. The van der Waals surface area contributed by atoms with Gasteiger partial charge in [-0.2, -0.15) is 18.3 Å². The zero-order chi connectivity index (χ0) is 15.2. The number of hydrogen-bond donors (Lipinski definition) is 1. The largest absolute Gasteiger partial charge is 0.435 e. The van der Waals surface area contributed by atoms with Crippen molar-refractivity contribution in [1.29, 1.82) is 0 Å². The van der Waals surface area contributed by atoms with Crippen molar-refractivity contribution in [1.82, 2.24) is 15.5 Å². The third-order valence-electron chi connectivity index (χ3n) is 2.37. The monoisotopic (exact) mass is 285 g/mol. The van der Waals surface area contributed by atoms with Crippen LogP contribution >= 0.6 is 0 Å². The molecule has 8 heteroatoms. The summed E-state index contributed by atoms with van der Waals surface area (Å²) in [6.07, 6.45) is -3.15. The van der Waals surface area contributed by atoms with Crippen molar-refractivity contribution >= 4 is 12.6 Å². The van der Waals surface area contributed by atoms with Crippen molar-refractivity contribution in [3.63, 3.8) is 0 Å². The van der Waals surface area contributed by atoms with Gasteiger partial charge in [-0.3, -0.25) is 0 Å². The highest BCUT2D eigenvalue weighted by molar-refractivity contribution is 5.91. The first-order valence-corrected chi connectivity index (χ1v) is 5.67. The van der Waals surface area contributed by atoms with E-state index in [0.29, 0.717) is 11.5 Å². The fourth-order valence-electron chi connectivity index (χ4n) is 1.34. The van der Waals surface area contributed by atoms with Gasteiger partial charge in [0.15, 0.2) is 5.69 Å². The maximum absolute atomic E-state index is 12.3. The summed E-state index contributed by atoms with van der Waals surface area (Å²) in [7, 11) is 0. The predicted octanol–water partition coefficient (Wildman–Crippen LogP) is 2.22. The average Bonchev–Trinajstić information content (AvgIpc) is 2.41. The molecule has 1 aromatic rings. The lowest BCUT2D eigenvalue weighted by Crippen LogP contribution is -2.32. The summed E-state index contributed by atoms with van der Waals surface area (Å²) in [5.74, 6) is 0.430. The van der Waals surface area contributed by atoms with E-state index < -0.39 is 11.9 Å². The molecule has 5 nitrogen and oxygen atoms in total. The summed E-state index contributed by atoms with van der Waals surface area (Å²) >= 11 is 0. The SMILES string of the molecule is C=CN=C(N=C)C(C)NCc1ccc(C(F)(F)F)nn1. The normalized spacial score (nSPS) is 13.9. The minimum Gasteiger partial charge on any atom is -0.302 e. The first-order valence-electron chi connectivity index (χ1n) is 5.67. The molecule has 0 aliphatic rings. The number of amidine groups is 1. The molecule has 108 valence electrons. The maximum atomic E-state index is 12.3. The van der Waals surface area contributed by atoms with E-state index in [1.807, 2.05) is 0 Å². The van der Waals surface area contributed by atoms with Crippen LogP contribution in [0.1, 0.15) is 18.3 Å². The van der Waals surface area contributed by atoms with Gasteiger partial charge in [-0.15, -0.1) is 5.10 Å². The molecule has 0 fully saturated rings. The van der Waals surface area contributed by atoms with E-state index in [0.717, 1.165) is 6.07 Å². The third-order valence-corrected chi connectivity index (χ3v) is 2.37. The van der Waals surface area contributed by atoms with E-state index in [2.05, 4.69) is 38.8 Å². The van der Waals surface area contributed by atoms with Gasteiger partial charge in [0.1, 0.15) is 5.84 Å². The first kappa shape index (κ1) is 16.0. The standard InChI is InChI=1S/C12H14F3N5/c1-4-17-11(16-3)8(2)18-7-9-5-6-10(20-19-9)12(13,14)15/h4-6,8,18H,1,3,7H2,2H3. The Hall–Kier alpha value is -2.09. The molecule has 0 saturated carbocycles. The van der Waals surface area contributed by atoms with Gasteiger partial charge < -0.3 is 5.32 Å². The summed E-state index contributed by atoms with van der Waals surface area (Å²) in [5.41, 5.74) is -0.636. The van der Waals surface area contributed by atoms with E-state index in [4.69, 9.17) is 0 Å². The minimum absolute atomic E-state index is 0.234. The van der Waals surface area contributed by atoms with Gasteiger partial charge in [0, 0.05) is 12.7 Å². The van der Waals surface area contributed by atoms with Crippen LogP contribution in [0.3, 0.4) is 0 Å². The van der Waals surface area contributed by atoms with E-state index in [-0.39, 0.29) is 12.6 Å². The summed E-state index contributed by atoms with van der Waals surface area (Å²) in [6, 6.07) is 1.91. The highest BCUT2D eigenvalue weighted by Gasteiger charge is 2.32. The number of halogens is 3. The van der Waals surface area contributed by atoms with Gasteiger partial charge in [-0.1, -0.05) is 6.58 Å². The van der Waals surface area contributed by atoms with Crippen molar-refractivity contribution in [3.05, 3.63) is 36.3 Å². The Kier molecular flexibility index (Phi) is 5.51. The second-order valence-electron chi connectivity index (χ2n) is 3.84. The molecule has 0 bridgehead atoms. The Morgan fingerprint density at radius 2 is 2.15 bits per heavy atom. The van der Waals surface area contributed by atoms with E-state index in [9.17, 15) is 13.2 Å². The number of nitrogens with zero attached hydrogens (tertiary/aromatic N) is 4. The van der Waals surface area contributed by atoms with Gasteiger partial charge in [0.05, 0.1) is 11.7 Å². The van der Waals surface area contributed by atoms with Gasteiger partial charge >= 0.3 is 6.18 Å². The number of rotatable bonds is 5. The van der Waals surface area contributed by atoms with Crippen LogP contribution in [0, 0.1) is 0 Å². The molecule has 0 saturated heterocycles. The predicted molar refractivity (Wildman–Crippen MR) is 70.5 cm³/mol. The highest BCUT2D eigenvalue weighted by Crippen LogP contribution is 2.26. The second-order valence-corrected chi connectivity index (χ2v) is 3.84. The number of aliphatic imine (C=N–C) groups is 2. The van der Waals surface area contributed by atoms with Crippen molar-refractivity contribution in [2.75, 3.05) is 0 Å². The summed E-state index contributed by atoms with van der Waals surface area (Å²) in [4.78, 5) is 7.62. The summed E-state index contributed by atoms with van der Waals surface area (Å²) in [5, 5.41) is 9.64. The van der Waals surface area contributed by atoms with Crippen LogP contribution in [-0.2, 0) is 12.7 Å². The fourth-order valence-corrected chi connectivity index (χ4v) is 1.34. The highest BCUT2D eigenvalue weighted by atomic mass is 19.4. The molecule has 1 heterocycles. The third kappa shape index (κ3) is 4.54. The van der Waals surface area contributed by atoms with E-state index >= 15 is 0 Å². The molecule has 1 unspecified atom stereocenters. The van der Waals surface area contributed by atoms with Crippen molar-refractivity contribution in [2.24, 2.45) is 9.98 Å². The quantitative estimate of drug-likeness (QED) is 0.666. The molecular formula is C12H14F3N5. The van der Waals surface area contributed by atoms with Gasteiger partial charge in [-0.25, -0.2) is 9.98 Å². The van der Waals surface area contributed by atoms with Gasteiger partial charge in [-0.05, 0) is 25.8 Å². The van der Waals surface area contributed by atoms with Crippen molar-refractivity contribution in [3.8, 4) is 0 Å². The lowest BCUT2D eigenvalue weighted by molar-refractivity contribution is -0.141. The van der Waals surface area contributed by atoms with Crippen LogP contribution in [0.5, 0.6) is 0 Å². The van der Waals surface area contributed by atoms with Crippen LogP contribution in [0.15, 0.2) is 34.9 Å². The Bertz CT molecular complexity index is 493. The Balaban J connectivity index is 2.64. The Labute approximate surface area is 114 Å². The minimum atomic E-state index is -4.48. The maximum Gasteiger partial charge on any atom is 0.435 e. The van der Waals surface area contributed by atoms with Crippen molar-refractivity contribution < 1.29 is 13.2 Å². The van der Waals surface area contributed by atoms with Crippen LogP contribution in [0.4, 0.5) is 13.2 Å². The van der Waals surface area contributed by atoms with Crippen LogP contribution in [0.2, 0.25) is 0 Å². The molecule has 20 heavy (non-hydrogen) atoms. The zero-order valence-electron chi connectivity index (χ0n) is 10.9. The topological polar surface area (TPSA) is 62.5 Å². The lowest BCUT2D eigenvalue weighted by atomic mass is 10.2. The number of aromatic nitrogens is 2. The lowest BCUT2D eigenvalue weighted by Gasteiger charge is -2.12. The Morgan fingerprint density at radius 1 is 1.45 bits per heavy atom. The zero-order valence-corrected chi connectivity index (χ0v) is 10.9. The molecule has 0 amide bonds. The van der Waals surface area contributed by atoms with E-state index in [1.165, 1.54) is 12.3 Å². The average molecular weight is 285 g/mol. The van der Waals surface area contributed by atoms with Gasteiger partial charge in [0.25, 0.3) is 0 Å². The molecule has 0 aliphatic carbocycles. The molecule has 1 aromatic heterocycles. The first-order chi connectivity index (χ1) is 9.38. The number of alkyl halides is 3. The van der Waals surface area contributed by atoms with Crippen LogP contribution < -0.4 is 5.32 Å². The second kappa shape index (κ2) is 6.90. The molecule has 0 radical (unpaired) electrons. The molecule has 1 rings (SSSR count). The summed E-state index contributed by atoms with van der Waals surface area (Å²) < 4.78 is 36.9. The molecular weight excluding hydrogens is 271 g/mol. The number of nitrogens with one attached hydrogen (secondary N) is 1. The molecule has 0 aromatic carbocycles. The van der Waals surface area contributed by atoms with Gasteiger partial charge in [0.2, 0.25) is 0 Å². The van der Waals surface area contributed by atoms with Crippen LogP contribution in [0.25, 0.3) is 0 Å². The fraction of sp³-hybridized carbons (Fsp3) is 0.333. The smallest absolute Gasteiger partial charge is 0.302 e. The molecule has 0 spiro atoms. The molecule has 0 aliphatic heterocycles. The molecule has 1 N–H and O–H groups in total. The summed E-state index contributed by atoms with van der Waals surface area (Å²) in [6.45, 7) is 8.84. The number of hydrogen-bond acceptors (Lipinski definition) is 4. The molecule has 1 atom stereocenters.